The van der Waals surface area contributed by atoms with Crippen molar-refractivity contribution in [2.45, 2.75) is 39.2 Å². The highest BCUT2D eigenvalue weighted by atomic mass is 19.1. The maximum absolute atomic E-state index is 12.9. The van der Waals surface area contributed by atoms with Crippen molar-refractivity contribution in [3.63, 3.8) is 0 Å². The van der Waals surface area contributed by atoms with E-state index < -0.39 is 0 Å². The average molecular weight is 315 g/mol. The molecule has 124 valence electrons. The molecule has 1 aliphatic heterocycles. The monoisotopic (exact) mass is 315 g/mol. The van der Waals surface area contributed by atoms with Gasteiger partial charge in [-0.15, -0.1) is 0 Å². The van der Waals surface area contributed by atoms with Crippen LogP contribution in [0.15, 0.2) is 60.3 Å². The number of halogens is 1. The van der Waals surface area contributed by atoms with Gasteiger partial charge in [0.05, 0.1) is 12.7 Å². The summed E-state index contributed by atoms with van der Waals surface area (Å²) < 4.78 is 18.9. The van der Waals surface area contributed by atoms with Gasteiger partial charge in [0.2, 0.25) is 0 Å². The van der Waals surface area contributed by atoms with Gasteiger partial charge < -0.3 is 10.1 Å². The topological polar surface area (TPSA) is 21.3 Å². The third-order valence-electron chi connectivity index (χ3n) is 4.21. The maximum atomic E-state index is 12.9. The number of ether oxygens (including phenoxy) is 1. The largest absolute Gasteiger partial charge is 0.377 e. The molecule has 0 radical (unpaired) electrons. The van der Waals surface area contributed by atoms with Crippen LogP contribution in [-0.2, 0) is 4.74 Å². The molecule has 1 fully saturated rings. The molecule has 1 aliphatic rings. The van der Waals surface area contributed by atoms with Gasteiger partial charge >= 0.3 is 0 Å². The molecule has 0 bridgehead atoms. The van der Waals surface area contributed by atoms with Crippen LogP contribution in [0.4, 0.5) is 10.1 Å². The molecule has 0 amide bonds. The van der Waals surface area contributed by atoms with E-state index in [4.69, 9.17) is 4.74 Å². The summed E-state index contributed by atoms with van der Waals surface area (Å²) in [4.78, 5) is 0. The van der Waals surface area contributed by atoms with Gasteiger partial charge in [0, 0.05) is 23.7 Å². The first-order chi connectivity index (χ1) is 11.1. The van der Waals surface area contributed by atoms with Crippen LogP contribution < -0.4 is 5.32 Å². The van der Waals surface area contributed by atoms with Gasteiger partial charge in [-0.05, 0) is 51.0 Å². The lowest BCUT2D eigenvalue weighted by atomic mass is 9.90. The molecule has 0 spiro atoms. The van der Waals surface area contributed by atoms with E-state index in [0.717, 1.165) is 37.3 Å². The highest BCUT2D eigenvalue weighted by molar-refractivity contribution is 5.47. The number of anilines is 1. The summed E-state index contributed by atoms with van der Waals surface area (Å²) in [5, 5.41) is 3.22. The third-order valence-corrected chi connectivity index (χ3v) is 4.21. The van der Waals surface area contributed by atoms with Gasteiger partial charge in [0.25, 0.3) is 0 Å². The molecule has 1 aromatic carbocycles. The number of nitrogens with one attached hydrogen (secondary N) is 1. The van der Waals surface area contributed by atoms with Crippen molar-refractivity contribution in [1.29, 1.82) is 0 Å². The summed E-state index contributed by atoms with van der Waals surface area (Å²) in [5.41, 5.74) is 3.14. The first kappa shape index (κ1) is 17.5. The summed E-state index contributed by atoms with van der Waals surface area (Å²) in [5.74, 6) is 0.282. The first-order valence-corrected chi connectivity index (χ1v) is 8.20. The molecular formula is C20H26FNO. The molecule has 2 rings (SSSR count). The molecule has 2 atom stereocenters. The van der Waals surface area contributed by atoms with Gasteiger partial charge in [0.15, 0.2) is 0 Å². The van der Waals surface area contributed by atoms with Crippen molar-refractivity contribution in [3.8, 4) is 0 Å². The second-order valence-electron chi connectivity index (χ2n) is 6.11. The molecule has 0 saturated carbocycles. The number of hydrogen-bond acceptors (Lipinski definition) is 2. The molecule has 2 unspecified atom stereocenters. The van der Waals surface area contributed by atoms with Crippen LogP contribution in [0.2, 0.25) is 0 Å². The van der Waals surface area contributed by atoms with E-state index in [1.807, 2.05) is 13.0 Å². The lowest BCUT2D eigenvalue weighted by molar-refractivity contribution is -0.00547. The number of allylic oxidation sites excluding steroid dienone is 3. The van der Waals surface area contributed by atoms with E-state index in [-0.39, 0.29) is 11.9 Å². The second-order valence-corrected chi connectivity index (χ2v) is 6.11. The Kier molecular flexibility index (Phi) is 6.60. The number of rotatable bonds is 6. The minimum absolute atomic E-state index is 0.209. The normalized spacial score (nSPS) is 22.3. The fourth-order valence-corrected chi connectivity index (χ4v) is 2.77. The predicted molar refractivity (Wildman–Crippen MR) is 94.8 cm³/mol. The lowest BCUT2D eigenvalue weighted by Crippen LogP contribution is -2.27. The summed E-state index contributed by atoms with van der Waals surface area (Å²) in [6, 6.07) is 6.32. The van der Waals surface area contributed by atoms with E-state index in [1.165, 1.54) is 17.7 Å². The molecule has 1 heterocycles. The Labute approximate surface area is 138 Å². The second kappa shape index (κ2) is 8.68. The van der Waals surface area contributed by atoms with E-state index in [1.54, 1.807) is 12.1 Å². The Hall–Kier alpha value is -1.87. The van der Waals surface area contributed by atoms with Crippen LogP contribution >= 0.6 is 0 Å². The van der Waals surface area contributed by atoms with Crippen molar-refractivity contribution in [3.05, 3.63) is 66.2 Å². The summed E-state index contributed by atoms with van der Waals surface area (Å²) in [6.07, 6.45) is 9.47. The van der Waals surface area contributed by atoms with Crippen molar-refractivity contribution in [2.75, 3.05) is 11.9 Å². The Bertz CT molecular complexity index is 566. The average Bonchev–Trinajstić information content (AvgIpc) is 2.55. The smallest absolute Gasteiger partial charge is 0.123 e. The number of benzene rings is 1. The van der Waals surface area contributed by atoms with Crippen LogP contribution in [0.3, 0.4) is 0 Å². The minimum Gasteiger partial charge on any atom is -0.377 e. The zero-order chi connectivity index (χ0) is 16.7. The molecular weight excluding hydrogens is 289 g/mol. The Balaban J connectivity index is 1.77. The van der Waals surface area contributed by atoms with E-state index in [9.17, 15) is 4.39 Å². The molecule has 0 aromatic heterocycles. The summed E-state index contributed by atoms with van der Waals surface area (Å²) in [6.45, 7) is 9.02. The first-order valence-electron chi connectivity index (χ1n) is 8.20. The maximum Gasteiger partial charge on any atom is 0.123 e. The van der Waals surface area contributed by atoms with Crippen LogP contribution in [0.25, 0.3) is 0 Å². The molecule has 3 heteroatoms. The quantitative estimate of drug-likeness (QED) is 0.704. The van der Waals surface area contributed by atoms with Gasteiger partial charge in [-0.1, -0.05) is 30.4 Å². The molecule has 1 saturated heterocycles. The van der Waals surface area contributed by atoms with Gasteiger partial charge in [-0.25, -0.2) is 4.39 Å². The van der Waals surface area contributed by atoms with Crippen LogP contribution in [-0.4, -0.2) is 12.7 Å². The molecule has 1 aromatic rings. The Morgan fingerprint density at radius 2 is 2.09 bits per heavy atom. The van der Waals surface area contributed by atoms with Crippen molar-refractivity contribution >= 4 is 5.69 Å². The molecule has 2 nitrogen and oxygen atoms in total. The lowest BCUT2D eigenvalue weighted by Gasteiger charge is -2.30. The fraction of sp³-hybridized carbons (Fsp3) is 0.400. The number of hydrogen-bond donors (Lipinski definition) is 1. The van der Waals surface area contributed by atoms with Gasteiger partial charge in [-0.2, -0.15) is 0 Å². The summed E-state index contributed by atoms with van der Waals surface area (Å²) in [7, 11) is 0. The molecule has 1 N–H and O–H groups in total. The highest BCUT2D eigenvalue weighted by Crippen LogP contribution is 2.28. The zero-order valence-electron chi connectivity index (χ0n) is 14.0. The van der Waals surface area contributed by atoms with E-state index in [0.29, 0.717) is 5.92 Å². The van der Waals surface area contributed by atoms with Crippen LogP contribution in [0.1, 0.15) is 33.1 Å². The predicted octanol–water partition coefficient (Wildman–Crippen LogP) is 5.46. The SMILES string of the molecule is C=C(CC1CCC(/C(C)=C/C=C\C)CO1)Nc1ccc(F)cc1. The van der Waals surface area contributed by atoms with Crippen LogP contribution in [0, 0.1) is 11.7 Å². The standard InChI is InChI=1S/C20H26FNO/c1-4-5-6-15(2)17-7-12-20(23-14-17)13-16(3)22-19-10-8-18(21)9-11-19/h4-6,8-11,17,20,22H,3,7,12-14H2,1-2H3/b5-4-,15-6+. The molecule has 0 aliphatic carbocycles. The van der Waals surface area contributed by atoms with Crippen molar-refractivity contribution in [1.82, 2.24) is 0 Å². The highest BCUT2D eigenvalue weighted by Gasteiger charge is 2.23. The zero-order valence-corrected chi connectivity index (χ0v) is 14.0. The van der Waals surface area contributed by atoms with Crippen LogP contribution in [0.5, 0.6) is 0 Å². The fourth-order valence-electron chi connectivity index (χ4n) is 2.77. The Morgan fingerprint density at radius 1 is 1.35 bits per heavy atom. The van der Waals surface area contributed by atoms with Gasteiger partial charge in [-0.3, -0.25) is 0 Å². The van der Waals surface area contributed by atoms with E-state index >= 15 is 0 Å². The minimum atomic E-state index is -0.232. The van der Waals surface area contributed by atoms with Crippen molar-refractivity contribution in [2.24, 2.45) is 5.92 Å². The molecule has 23 heavy (non-hydrogen) atoms. The summed E-state index contributed by atoms with van der Waals surface area (Å²) >= 11 is 0. The third kappa shape index (κ3) is 5.68. The van der Waals surface area contributed by atoms with Crippen molar-refractivity contribution < 1.29 is 9.13 Å². The van der Waals surface area contributed by atoms with E-state index in [2.05, 4.69) is 31.0 Å². The van der Waals surface area contributed by atoms with Gasteiger partial charge in [0.1, 0.15) is 5.82 Å². The Morgan fingerprint density at radius 3 is 2.70 bits per heavy atom.